The van der Waals surface area contributed by atoms with Gasteiger partial charge < -0.3 is 4.90 Å². The van der Waals surface area contributed by atoms with E-state index in [4.69, 9.17) is 23.2 Å². The Hall–Kier alpha value is -1.75. The minimum atomic E-state index is -5.26. The fourth-order valence-electron chi connectivity index (χ4n) is 3.78. The first-order valence-corrected chi connectivity index (χ1v) is 11.5. The summed E-state index contributed by atoms with van der Waals surface area (Å²) in [5, 5.41) is 0.665. The fourth-order valence-corrected chi connectivity index (χ4v) is 4.70. The van der Waals surface area contributed by atoms with Crippen LogP contribution in [0.15, 0.2) is 36.4 Å². The van der Waals surface area contributed by atoms with Crippen molar-refractivity contribution in [2.24, 2.45) is 0 Å². The van der Waals surface area contributed by atoms with E-state index in [-0.39, 0.29) is 30.9 Å². The molecule has 12 heteroatoms. The second-order valence-electron chi connectivity index (χ2n) is 7.41. The Labute approximate surface area is 199 Å². The van der Waals surface area contributed by atoms with Crippen LogP contribution in [0.2, 0.25) is 10.0 Å². The van der Waals surface area contributed by atoms with E-state index in [9.17, 15) is 31.0 Å². The summed E-state index contributed by atoms with van der Waals surface area (Å²) in [4.78, 5) is 14.5. The van der Waals surface area contributed by atoms with Crippen molar-refractivity contribution in [1.29, 1.82) is 0 Å². The lowest BCUT2D eigenvalue weighted by molar-refractivity contribution is -0.133. The molecule has 180 valence electrons. The molecule has 1 aliphatic rings. The largest absolute Gasteiger partial charge is 0.497 e. The van der Waals surface area contributed by atoms with E-state index in [0.29, 0.717) is 21.2 Å². The SMILES string of the molecule is CC1c2cccc(C(F)(F)COS(=O)C(F)(F)F)c2CCN1C(=O)Cc1c(Cl)cccc1Cl. The maximum Gasteiger partial charge on any atom is 0.497 e. The third-order valence-corrected chi connectivity index (χ3v) is 6.79. The second kappa shape index (κ2) is 9.85. The molecule has 1 heterocycles. The van der Waals surface area contributed by atoms with Gasteiger partial charge in [-0.2, -0.15) is 22.0 Å². The number of hydrogen-bond donors (Lipinski definition) is 0. The smallest absolute Gasteiger partial charge is 0.335 e. The Morgan fingerprint density at radius 1 is 1.12 bits per heavy atom. The third kappa shape index (κ3) is 5.67. The average Bonchev–Trinajstić information content (AvgIpc) is 2.74. The van der Waals surface area contributed by atoms with Crippen molar-refractivity contribution in [3.8, 4) is 0 Å². The molecule has 1 amide bonds. The van der Waals surface area contributed by atoms with Crippen molar-refractivity contribution in [3.05, 3.63) is 68.7 Å². The molecular weight excluding hydrogens is 512 g/mol. The quantitative estimate of drug-likeness (QED) is 0.433. The first-order valence-electron chi connectivity index (χ1n) is 9.67. The molecular formula is C21H18Cl2F5NO3S. The first kappa shape index (κ1) is 25.9. The summed E-state index contributed by atoms with van der Waals surface area (Å²) in [6.07, 6.45) is -0.0269. The Morgan fingerprint density at radius 2 is 1.73 bits per heavy atom. The highest BCUT2D eigenvalue weighted by Crippen LogP contribution is 2.39. The molecule has 0 aliphatic carbocycles. The molecule has 0 aromatic heterocycles. The molecule has 0 N–H and O–H groups in total. The third-order valence-electron chi connectivity index (χ3n) is 5.37. The van der Waals surface area contributed by atoms with Gasteiger partial charge in [0, 0.05) is 22.2 Å². The molecule has 0 bridgehead atoms. The van der Waals surface area contributed by atoms with Gasteiger partial charge in [-0.05, 0) is 42.2 Å². The second-order valence-corrected chi connectivity index (χ2v) is 9.39. The number of alkyl halides is 5. The van der Waals surface area contributed by atoms with Crippen molar-refractivity contribution in [2.45, 2.75) is 37.2 Å². The van der Waals surface area contributed by atoms with Crippen LogP contribution in [0.5, 0.6) is 0 Å². The van der Waals surface area contributed by atoms with E-state index in [1.807, 2.05) is 0 Å². The van der Waals surface area contributed by atoms with Crippen LogP contribution in [0, 0.1) is 0 Å². The van der Waals surface area contributed by atoms with Gasteiger partial charge in [0.1, 0.15) is 6.61 Å². The number of fused-ring (bicyclic) bond motifs is 1. The number of amides is 1. The van der Waals surface area contributed by atoms with E-state index >= 15 is 0 Å². The molecule has 2 unspecified atom stereocenters. The van der Waals surface area contributed by atoms with E-state index in [1.54, 1.807) is 31.2 Å². The number of carbonyl (C=O) groups is 1. The van der Waals surface area contributed by atoms with Crippen molar-refractivity contribution in [3.63, 3.8) is 0 Å². The molecule has 0 saturated carbocycles. The zero-order chi connectivity index (χ0) is 24.6. The molecule has 0 saturated heterocycles. The zero-order valence-electron chi connectivity index (χ0n) is 17.1. The summed E-state index contributed by atoms with van der Waals surface area (Å²) in [6, 6.07) is 8.28. The van der Waals surface area contributed by atoms with Crippen LogP contribution in [0.3, 0.4) is 0 Å². The Morgan fingerprint density at radius 3 is 2.33 bits per heavy atom. The van der Waals surface area contributed by atoms with Gasteiger partial charge in [0.05, 0.1) is 12.5 Å². The Bertz CT molecular complexity index is 1060. The summed E-state index contributed by atoms with van der Waals surface area (Å²) < 4.78 is 81.4. The minimum absolute atomic E-state index is 0.0514. The van der Waals surface area contributed by atoms with Crippen LogP contribution >= 0.6 is 23.2 Å². The monoisotopic (exact) mass is 529 g/mol. The van der Waals surface area contributed by atoms with Crippen LogP contribution in [-0.4, -0.2) is 33.7 Å². The molecule has 0 fully saturated rings. The van der Waals surface area contributed by atoms with E-state index in [2.05, 4.69) is 4.18 Å². The lowest BCUT2D eigenvalue weighted by Crippen LogP contribution is -2.41. The topological polar surface area (TPSA) is 46.6 Å². The number of nitrogens with zero attached hydrogens (tertiary/aromatic N) is 1. The van der Waals surface area contributed by atoms with E-state index < -0.39 is 40.7 Å². The molecule has 0 radical (unpaired) electrons. The van der Waals surface area contributed by atoms with Crippen LogP contribution in [-0.2, 0) is 38.8 Å². The summed E-state index contributed by atoms with van der Waals surface area (Å²) >= 11 is 8.42. The summed E-state index contributed by atoms with van der Waals surface area (Å²) in [5.41, 5.74) is -4.66. The lowest BCUT2D eigenvalue weighted by atomic mass is 9.87. The number of rotatable bonds is 6. The Balaban J connectivity index is 1.81. The highest BCUT2D eigenvalue weighted by Gasteiger charge is 2.43. The van der Waals surface area contributed by atoms with Gasteiger partial charge in [-0.25, -0.2) is 4.21 Å². The maximum atomic E-state index is 14.7. The molecule has 2 aromatic carbocycles. The van der Waals surface area contributed by atoms with Crippen molar-refractivity contribution in [1.82, 2.24) is 4.90 Å². The van der Waals surface area contributed by atoms with Crippen molar-refractivity contribution in [2.75, 3.05) is 13.2 Å². The Kier molecular flexibility index (Phi) is 7.72. The summed E-state index contributed by atoms with van der Waals surface area (Å²) in [5.74, 6) is -4.12. The molecule has 4 nitrogen and oxygen atoms in total. The van der Waals surface area contributed by atoms with Crippen molar-refractivity contribution < 1.29 is 35.1 Å². The van der Waals surface area contributed by atoms with Gasteiger partial charge in [-0.1, -0.05) is 47.5 Å². The van der Waals surface area contributed by atoms with Gasteiger partial charge in [0.2, 0.25) is 5.91 Å². The fraction of sp³-hybridized carbons (Fsp3) is 0.381. The van der Waals surface area contributed by atoms with Crippen LogP contribution in [0.1, 0.15) is 35.2 Å². The summed E-state index contributed by atoms with van der Waals surface area (Å²) in [6.45, 7) is 0.0797. The number of carbonyl (C=O) groups excluding carboxylic acids is 1. The molecule has 2 aromatic rings. The number of hydrogen-bond acceptors (Lipinski definition) is 3. The van der Waals surface area contributed by atoms with E-state index in [0.717, 1.165) is 6.07 Å². The van der Waals surface area contributed by atoms with Gasteiger partial charge in [-0.15, -0.1) is 0 Å². The average molecular weight is 530 g/mol. The predicted molar refractivity (Wildman–Crippen MR) is 114 cm³/mol. The standard InChI is InChI=1S/C21H18Cl2F5NO3S/c1-12-13-4-2-5-16(20(24,25)11-32-33(31)21(26,27)28)14(13)8-9-29(12)19(30)10-15-17(22)6-3-7-18(15)23/h2-7,12H,8-11H2,1H3. The molecule has 3 rings (SSSR count). The minimum Gasteiger partial charge on any atom is -0.335 e. The van der Waals surface area contributed by atoms with Crippen molar-refractivity contribution >= 4 is 40.2 Å². The molecule has 33 heavy (non-hydrogen) atoms. The van der Waals surface area contributed by atoms with Crippen LogP contribution in [0.25, 0.3) is 0 Å². The normalized spacial score (nSPS) is 17.6. The van der Waals surface area contributed by atoms with Gasteiger partial charge >= 0.3 is 5.51 Å². The highest BCUT2D eigenvalue weighted by atomic mass is 35.5. The molecule has 0 spiro atoms. The predicted octanol–water partition coefficient (Wildman–Crippen LogP) is 5.97. The van der Waals surface area contributed by atoms with Gasteiger partial charge in [0.15, 0.2) is 0 Å². The first-order chi connectivity index (χ1) is 15.3. The highest BCUT2D eigenvalue weighted by molar-refractivity contribution is 7.81. The van der Waals surface area contributed by atoms with Gasteiger partial charge in [-0.3, -0.25) is 8.98 Å². The molecule has 2 atom stereocenters. The zero-order valence-corrected chi connectivity index (χ0v) is 19.4. The lowest BCUT2D eigenvalue weighted by Gasteiger charge is -2.37. The van der Waals surface area contributed by atoms with Crippen LogP contribution < -0.4 is 0 Å². The molecule has 1 aliphatic heterocycles. The maximum absolute atomic E-state index is 14.7. The van der Waals surface area contributed by atoms with Crippen LogP contribution in [0.4, 0.5) is 22.0 Å². The number of benzene rings is 2. The number of halogens is 7. The van der Waals surface area contributed by atoms with E-state index in [1.165, 1.54) is 11.0 Å². The van der Waals surface area contributed by atoms with Gasteiger partial charge in [0.25, 0.3) is 17.0 Å². The summed E-state index contributed by atoms with van der Waals surface area (Å²) in [7, 11) is 0.